The van der Waals surface area contributed by atoms with E-state index < -0.39 is 66.7 Å². The van der Waals surface area contributed by atoms with E-state index in [0.717, 1.165) is 0 Å². The Morgan fingerprint density at radius 2 is 0.929 bits per heavy atom. The van der Waals surface area contributed by atoms with Gasteiger partial charge in [0.15, 0.2) is 18.5 Å². The van der Waals surface area contributed by atoms with Gasteiger partial charge < -0.3 is 0 Å². The molecule has 0 spiro atoms. The van der Waals surface area contributed by atoms with Crippen molar-refractivity contribution in [3.05, 3.63) is 11.9 Å². The fraction of sp³-hybridized carbons (Fsp3) is 0.818. The Bertz CT molecular complexity index is 561. The summed E-state index contributed by atoms with van der Waals surface area (Å²) in [6.45, 7) is 0. The lowest BCUT2D eigenvalue weighted by molar-refractivity contribution is -0.374. The summed E-state index contributed by atoms with van der Waals surface area (Å²) < 4.78 is 215. The van der Waals surface area contributed by atoms with E-state index in [0.29, 0.717) is 0 Å². The first-order chi connectivity index (χ1) is 12.2. The van der Waals surface area contributed by atoms with Crippen LogP contribution in [0.5, 0.6) is 0 Å². The van der Waals surface area contributed by atoms with Gasteiger partial charge in [-0.25, -0.2) is 26.3 Å². The highest BCUT2D eigenvalue weighted by Gasteiger charge is 2.84. The topological polar surface area (TPSA) is 0 Å². The third kappa shape index (κ3) is 4.11. The summed E-state index contributed by atoms with van der Waals surface area (Å²) in [7, 11) is 0. The van der Waals surface area contributed by atoms with E-state index in [9.17, 15) is 74.6 Å². The molecule has 0 amide bonds. The van der Waals surface area contributed by atoms with Gasteiger partial charge in [-0.05, 0) is 0 Å². The average Bonchev–Trinajstić information content (AvgIpc) is 2.57. The fourth-order valence-corrected chi connectivity index (χ4v) is 1.51. The summed E-state index contributed by atoms with van der Waals surface area (Å²) in [6, 6.07) is 0. The number of halogens is 17. The normalized spacial score (nSPS) is 18.6. The second-order valence-corrected chi connectivity index (χ2v) is 4.99. The summed E-state index contributed by atoms with van der Waals surface area (Å²) in [4.78, 5) is 0. The van der Waals surface area contributed by atoms with Gasteiger partial charge in [-0.3, -0.25) is 0 Å². The minimum absolute atomic E-state index is 4.37. The van der Waals surface area contributed by atoms with E-state index in [4.69, 9.17) is 0 Å². The lowest BCUT2D eigenvalue weighted by Crippen LogP contribution is -2.66. The molecule has 4 unspecified atom stereocenters. The quantitative estimate of drug-likeness (QED) is 0.359. The molecule has 0 saturated heterocycles. The predicted octanol–water partition coefficient (Wildman–Crippen LogP) is 6.22. The maximum atomic E-state index is 13.2. The van der Waals surface area contributed by atoms with Crippen LogP contribution in [-0.4, -0.2) is 54.8 Å². The van der Waals surface area contributed by atoms with Crippen molar-refractivity contribution in [3.63, 3.8) is 0 Å². The third-order valence-corrected chi connectivity index (χ3v) is 3.12. The number of alkyl halides is 14. The first-order valence-corrected chi connectivity index (χ1v) is 6.26. The van der Waals surface area contributed by atoms with Crippen LogP contribution in [0.4, 0.5) is 74.6 Å². The predicted molar refractivity (Wildman–Crippen MR) is 55.7 cm³/mol. The molecule has 0 saturated carbocycles. The van der Waals surface area contributed by atoms with Gasteiger partial charge in [-0.1, -0.05) is 0 Å². The van der Waals surface area contributed by atoms with Gasteiger partial charge in [-0.15, -0.1) is 0 Å². The Kier molecular flexibility index (Phi) is 7.70. The van der Waals surface area contributed by atoms with Crippen LogP contribution in [0.15, 0.2) is 11.9 Å². The van der Waals surface area contributed by atoms with Gasteiger partial charge >= 0.3 is 29.8 Å². The van der Waals surface area contributed by atoms with Gasteiger partial charge in [-0.2, -0.15) is 48.3 Å². The van der Waals surface area contributed by atoms with Crippen LogP contribution in [0.3, 0.4) is 0 Å². The molecule has 4 atom stereocenters. The molecule has 0 radical (unpaired) electrons. The SMILES string of the molecule is FC(F)=C(F)C(F)(F)C(F)(F)C(F)(F)C(F)(F)C(F)C(F)C(F)C(F)C(F)F. The number of hydrogen-bond donors (Lipinski definition) is 0. The Morgan fingerprint density at radius 3 is 1.25 bits per heavy atom. The summed E-state index contributed by atoms with van der Waals surface area (Å²) >= 11 is 0. The molecule has 0 aliphatic carbocycles. The van der Waals surface area contributed by atoms with E-state index in [2.05, 4.69) is 0 Å². The van der Waals surface area contributed by atoms with E-state index in [1.54, 1.807) is 0 Å². The van der Waals surface area contributed by atoms with E-state index >= 15 is 0 Å². The zero-order valence-corrected chi connectivity index (χ0v) is 12.3. The molecule has 0 aromatic heterocycles. The molecule has 0 aliphatic heterocycles. The standard InChI is InChI=1S/C11H5F17/c12-1(3(14)6(17)18)2(13)4(15)8(21,22)10(25,26)11(27,28)9(23,24)5(16)7(19)20/h1-4,6H. The molecule has 0 N–H and O–H groups in total. The van der Waals surface area contributed by atoms with E-state index in [-0.39, 0.29) is 0 Å². The largest absolute Gasteiger partial charge is 0.385 e. The highest BCUT2D eigenvalue weighted by molar-refractivity contribution is 5.18. The molecule has 0 nitrogen and oxygen atoms in total. The van der Waals surface area contributed by atoms with Gasteiger partial charge in [0, 0.05) is 0 Å². The number of hydrogen-bond acceptors (Lipinski definition) is 0. The number of allylic oxidation sites excluding steroid dienone is 1. The first-order valence-electron chi connectivity index (χ1n) is 6.26. The molecule has 0 aromatic carbocycles. The smallest absolute Gasteiger partial charge is 0.241 e. The maximum Gasteiger partial charge on any atom is 0.385 e. The Balaban J connectivity index is 6.14. The zero-order valence-electron chi connectivity index (χ0n) is 12.3. The molecule has 0 aliphatic rings. The highest BCUT2D eigenvalue weighted by atomic mass is 19.4. The zero-order chi connectivity index (χ0) is 23.0. The molecule has 0 heterocycles. The van der Waals surface area contributed by atoms with Crippen LogP contribution in [0, 0.1) is 0 Å². The van der Waals surface area contributed by atoms with Crippen molar-refractivity contribution in [1.82, 2.24) is 0 Å². The third-order valence-electron chi connectivity index (χ3n) is 3.12. The van der Waals surface area contributed by atoms with Crippen molar-refractivity contribution in [2.75, 3.05) is 0 Å². The second kappa shape index (κ2) is 8.12. The Labute approximate surface area is 143 Å². The molecule has 28 heavy (non-hydrogen) atoms. The maximum absolute atomic E-state index is 13.2. The van der Waals surface area contributed by atoms with E-state index in [1.807, 2.05) is 0 Å². The van der Waals surface area contributed by atoms with Crippen molar-refractivity contribution in [3.8, 4) is 0 Å². The lowest BCUT2D eigenvalue weighted by Gasteiger charge is -2.38. The molecule has 0 bridgehead atoms. The van der Waals surface area contributed by atoms with Gasteiger partial charge in [0.2, 0.25) is 12.0 Å². The van der Waals surface area contributed by atoms with Crippen LogP contribution in [0.1, 0.15) is 0 Å². The summed E-state index contributed by atoms with van der Waals surface area (Å²) in [6.07, 6.45) is -28.7. The molecule has 168 valence electrons. The first kappa shape index (κ1) is 26.6. The molecule has 0 aromatic rings. The molecular formula is C11H5F17. The van der Waals surface area contributed by atoms with E-state index in [1.165, 1.54) is 0 Å². The second-order valence-electron chi connectivity index (χ2n) is 4.99. The summed E-state index contributed by atoms with van der Waals surface area (Å²) in [5.74, 6) is -35.3. The van der Waals surface area contributed by atoms with Crippen LogP contribution < -0.4 is 0 Å². The van der Waals surface area contributed by atoms with Crippen LogP contribution in [-0.2, 0) is 0 Å². The minimum Gasteiger partial charge on any atom is -0.241 e. The minimum atomic E-state index is -7.91. The number of rotatable bonds is 9. The van der Waals surface area contributed by atoms with Crippen LogP contribution in [0.2, 0.25) is 0 Å². The van der Waals surface area contributed by atoms with Gasteiger partial charge in [0.05, 0.1) is 0 Å². The fourth-order valence-electron chi connectivity index (χ4n) is 1.51. The van der Waals surface area contributed by atoms with Crippen molar-refractivity contribution in [2.45, 2.75) is 54.8 Å². The molecule has 0 rings (SSSR count). The van der Waals surface area contributed by atoms with Gasteiger partial charge in [0.25, 0.3) is 6.43 Å². The van der Waals surface area contributed by atoms with Crippen molar-refractivity contribution >= 4 is 0 Å². The monoisotopic (exact) mass is 460 g/mol. The Morgan fingerprint density at radius 1 is 0.536 bits per heavy atom. The van der Waals surface area contributed by atoms with Crippen molar-refractivity contribution in [1.29, 1.82) is 0 Å². The summed E-state index contributed by atoms with van der Waals surface area (Å²) in [5.41, 5.74) is 0. The van der Waals surface area contributed by atoms with Crippen molar-refractivity contribution in [2.24, 2.45) is 0 Å². The average molecular weight is 460 g/mol. The van der Waals surface area contributed by atoms with Gasteiger partial charge in [0.1, 0.15) is 0 Å². The molecule has 0 fully saturated rings. The van der Waals surface area contributed by atoms with Crippen LogP contribution in [0.25, 0.3) is 0 Å². The van der Waals surface area contributed by atoms with Crippen LogP contribution >= 0.6 is 0 Å². The highest BCUT2D eigenvalue weighted by Crippen LogP contribution is 2.57. The van der Waals surface area contributed by atoms with Crippen molar-refractivity contribution < 1.29 is 74.6 Å². The molecular weight excluding hydrogens is 455 g/mol. The Hall–Kier alpha value is -1.45. The molecule has 17 heteroatoms. The summed E-state index contributed by atoms with van der Waals surface area (Å²) in [5, 5.41) is 0. The lowest BCUT2D eigenvalue weighted by atomic mass is 9.91.